The molecule has 5 aromatic rings. The van der Waals surface area contributed by atoms with Crippen molar-refractivity contribution in [2.24, 2.45) is 0 Å². The van der Waals surface area contributed by atoms with Gasteiger partial charge in [-0.2, -0.15) is 14.8 Å². The van der Waals surface area contributed by atoms with Crippen molar-refractivity contribution < 1.29 is 8.91 Å². The van der Waals surface area contributed by atoms with E-state index >= 15 is 0 Å². The Morgan fingerprint density at radius 1 is 0.933 bits per heavy atom. The Hall–Kier alpha value is -3.84. The lowest BCUT2D eigenvalue weighted by Gasteiger charge is -2.09. The first kappa shape index (κ1) is 18.2. The zero-order valence-electron chi connectivity index (χ0n) is 15.3. The fourth-order valence-electron chi connectivity index (χ4n) is 3.17. The van der Waals surface area contributed by atoms with Gasteiger partial charge in [0, 0.05) is 16.0 Å². The highest BCUT2D eigenvalue weighted by atomic mass is 35.5. The Kier molecular flexibility index (Phi) is 4.37. The maximum atomic E-state index is 13.3. The second-order valence-electron chi connectivity index (χ2n) is 6.52. The van der Waals surface area contributed by atoms with Gasteiger partial charge in [-0.1, -0.05) is 47.1 Å². The molecule has 2 heterocycles. The van der Waals surface area contributed by atoms with E-state index in [1.165, 1.54) is 28.9 Å². The van der Waals surface area contributed by atoms with Gasteiger partial charge in [-0.15, -0.1) is 0 Å². The Bertz CT molecular complexity index is 1440. The first-order chi connectivity index (χ1) is 14.6. The summed E-state index contributed by atoms with van der Waals surface area (Å²) in [5.41, 5.74) is 1.11. The van der Waals surface area contributed by atoms with Crippen molar-refractivity contribution in [3.63, 3.8) is 0 Å². The maximum absolute atomic E-state index is 13.3. The summed E-state index contributed by atoms with van der Waals surface area (Å²) < 4.78 is 20.0. The molecule has 3 aromatic carbocycles. The largest absolute Gasteiger partial charge is 0.332 e. The van der Waals surface area contributed by atoms with Gasteiger partial charge < -0.3 is 4.52 Å². The molecule has 0 unspecified atom stereocenters. The SMILES string of the molecule is O=c1c2ccccc2c(-c2nc(-c3cccc(Cl)c3)no2)nn1-c1ccc(F)cc1. The van der Waals surface area contributed by atoms with Crippen LogP contribution in [0.4, 0.5) is 4.39 Å². The van der Waals surface area contributed by atoms with Crippen molar-refractivity contribution >= 4 is 22.4 Å². The van der Waals surface area contributed by atoms with Gasteiger partial charge in [-0.05, 0) is 42.5 Å². The average molecular weight is 419 g/mol. The molecule has 0 spiro atoms. The monoisotopic (exact) mass is 418 g/mol. The Labute approximate surface area is 174 Å². The van der Waals surface area contributed by atoms with E-state index in [4.69, 9.17) is 16.1 Å². The minimum atomic E-state index is -0.407. The highest BCUT2D eigenvalue weighted by Crippen LogP contribution is 2.27. The quantitative estimate of drug-likeness (QED) is 0.417. The van der Waals surface area contributed by atoms with E-state index in [2.05, 4.69) is 15.2 Å². The lowest BCUT2D eigenvalue weighted by atomic mass is 10.1. The highest BCUT2D eigenvalue weighted by Gasteiger charge is 2.19. The minimum absolute atomic E-state index is 0.150. The summed E-state index contributed by atoms with van der Waals surface area (Å²) in [4.78, 5) is 17.4. The number of hydrogen-bond donors (Lipinski definition) is 0. The van der Waals surface area contributed by atoms with E-state index in [9.17, 15) is 9.18 Å². The molecule has 5 rings (SSSR count). The molecule has 0 aliphatic heterocycles. The predicted octanol–water partition coefficient (Wildman–Crippen LogP) is 4.90. The van der Waals surface area contributed by atoms with Gasteiger partial charge in [0.25, 0.3) is 11.4 Å². The number of rotatable bonds is 3. The van der Waals surface area contributed by atoms with Gasteiger partial charge in [0.2, 0.25) is 5.82 Å². The molecule has 0 saturated heterocycles. The van der Waals surface area contributed by atoms with Gasteiger partial charge in [0.05, 0.1) is 11.1 Å². The van der Waals surface area contributed by atoms with E-state index < -0.39 is 5.82 Å². The van der Waals surface area contributed by atoms with E-state index in [0.29, 0.717) is 38.6 Å². The van der Waals surface area contributed by atoms with Crippen LogP contribution in [0, 0.1) is 5.82 Å². The van der Waals surface area contributed by atoms with Crippen molar-refractivity contribution in [1.82, 2.24) is 19.9 Å². The third-order valence-electron chi connectivity index (χ3n) is 4.59. The van der Waals surface area contributed by atoms with Crippen molar-refractivity contribution in [3.05, 3.63) is 94.0 Å². The molecule has 0 aliphatic rings. The van der Waals surface area contributed by atoms with Crippen LogP contribution in [0.25, 0.3) is 39.4 Å². The van der Waals surface area contributed by atoms with E-state index in [0.717, 1.165) is 0 Å². The Balaban J connectivity index is 1.72. The molecular formula is C22H12ClFN4O2. The normalized spacial score (nSPS) is 11.1. The van der Waals surface area contributed by atoms with Gasteiger partial charge in [-0.3, -0.25) is 4.79 Å². The second-order valence-corrected chi connectivity index (χ2v) is 6.96. The molecule has 0 N–H and O–H groups in total. The van der Waals surface area contributed by atoms with Gasteiger partial charge in [0.15, 0.2) is 5.69 Å². The van der Waals surface area contributed by atoms with Crippen LogP contribution in [0.3, 0.4) is 0 Å². The molecule has 0 aliphatic carbocycles. The first-order valence-corrected chi connectivity index (χ1v) is 9.36. The molecule has 146 valence electrons. The van der Waals surface area contributed by atoms with E-state index in [-0.39, 0.29) is 11.4 Å². The van der Waals surface area contributed by atoms with Crippen LogP contribution in [0.2, 0.25) is 5.02 Å². The lowest BCUT2D eigenvalue weighted by Crippen LogP contribution is -2.22. The van der Waals surface area contributed by atoms with Crippen molar-refractivity contribution in [2.45, 2.75) is 0 Å². The smallest absolute Gasteiger partial charge is 0.279 e. The first-order valence-electron chi connectivity index (χ1n) is 8.98. The lowest BCUT2D eigenvalue weighted by molar-refractivity contribution is 0.430. The predicted molar refractivity (Wildman–Crippen MR) is 111 cm³/mol. The maximum Gasteiger partial charge on any atom is 0.279 e. The molecule has 2 aromatic heterocycles. The van der Waals surface area contributed by atoms with E-state index in [1.54, 1.807) is 42.5 Å². The Morgan fingerprint density at radius 3 is 2.47 bits per heavy atom. The summed E-state index contributed by atoms with van der Waals surface area (Å²) in [6.07, 6.45) is 0. The van der Waals surface area contributed by atoms with Crippen molar-refractivity contribution in [1.29, 1.82) is 0 Å². The molecule has 0 atom stereocenters. The van der Waals surface area contributed by atoms with E-state index in [1.807, 2.05) is 6.07 Å². The fraction of sp³-hybridized carbons (Fsp3) is 0. The number of halogens is 2. The van der Waals surface area contributed by atoms with Crippen molar-refractivity contribution in [3.8, 4) is 28.7 Å². The third kappa shape index (κ3) is 3.15. The second kappa shape index (κ2) is 7.20. The zero-order valence-corrected chi connectivity index (χ0v) is 16.0. The van der Waals surface area contributed by atoms with Crippen LogP contribution in [0.1, 0.15) is 0 Å². The Morgan fingerprint density at radius 2 is 1.70 bits per heavy atom. The van der Waals surface area contributed by atoms with Gasteiger partial charge in [0.1, 0.15) is 5.82 Å². The summed E-state index contributed by atoms with van der Waals surface area (Å²) in [6.45, 7) is 0. The van der Waals surface area contributed by atoms with Crippen LogP contribution in [-0.2, 0) is 0 Å². The van der Waals surface area contributed by atoms with Crippen LogP contribution in [0.15, 0.2) is 82.1 Å². The molecule has 0 bridgehead atoms. The highest BCUT2D eigenvalue weighted by molar-refractivity contribution is 6.30. The summed E-state index contributed by atoms with van der Waals surface area (Å²) in [6, 6.07) is 19.6. The van der Waals surface area contributed by atoms with Gasteiger partial charge >= 0.3 is 0 Å². The molecule has 0 amide bonds. The topological polar surface area (TPSA) is 73.8 Å². The van der Waals surface area contributed by atoms with Crippen molar-refractivity contribution in [2.75, 3.05) is 0 Å². The molecule has 0 fully saturated rings. The summed E-state index contributed by atoms with van der Waals surface area (Å²) >= 11 is 6.05. The molecule has 0 radical (unpaired) electrons. The number of hydrogen-bond acceptors (Lipinski definition) is 5. The molecule has 30 heavy (non-hydrogen) atoms. The molecule has 6 nitrogen and oxygen atoms in total. The average Bonchev–Trinajstić information content (AvgIpc) is 3.25. The van der Waals surface area contributed by atoms with Crippen LogP contribution < -0.4 is 5.56 Å². The number of benzene rings is 3. The fourth-order valence-corrected chi connectivity index (χ4v) is 3.36. The summed E-state index contributed by atoms with van der Waals surface area (Å²) in [5.74, 6) is 0.0887. The molecule has 0 saturated carbocycles. The van der Waals surface area contributed by atoms with Crippen LogP contribution >= 0.6 is 11.6 Å². The standard InChI is InChI=1S/C22H12ClFN4O2/c23-14-5-3-4-13(12-14)20-25-21(30-27-20)19-17-6-1-2-7-18(17)22(29)28(26-19)16-10-8-15(24)9-11-16/h1-12H. The molecule has 8 heteroatoms. The summed E-state index contributed by atoms with van der Waals surface area (Å²) in [7, 11) is 0. The van der Waals surface area contributed by atoms with Crippen LogP contribution in [-0.4, -0.2) is 19.9 Å². The number of nitrogens with zero attached hydrogens (tertiary/aromatic N) is 4. The number of fused-ring (bicyclic) bond motifs is 1. The molecular weight excluding hydrogens is 407 g/mol. The number of aromatic nitrogens is 4. The van der Waals surface area contributed by atoms with Gasteiger partial charge in [-0.25, -0.2) is 4.39 Å². The third-order valence-corrected chi connectivity index (χ3v) is 4.82. The van der Waals surface area contributed by atoms with Crippen LogP contribution in [0.5, 0.6) is 0 Å². The minimum Gasteiger partial charge on any atom is -0.332 e. The summed E-state index contributed by atoms with van der Waals surface area (Å²) in [5, 5.41) is 10.0. The zero-order chi connectivity index (χ0) is 20.7.